The van der Waals surface area contributed by atoms with Crippen molar-refractivity contribution in [2.75, 3.05) is 25.9 Å². The van der Waals surface area contributed by atoms with Crippen LogP contribution in [0.25, 0.3) is 0 Å². The highest BCUT2D eigenvalue weighted by Gasteiger charge is 2.23. The van der Waals surface area contributed by atoms with Gasteiger partial charge in [-0.05, 0) is 33.2 Å². The van der Waals surface area contributed by atoms with Crippen LogP contribution in [0.1, 0.15) is 26.7 Å². The molecule has 1 heterocycles. The molecule has 0 amide bonds. The van der Waals surface area contributed by atoms with Gasteiger partial charge in [0.2, 0.25) is 10.0 Å². The largest absolute Gasteiger partial charge is 0.315 e. The molecule has 0 spiro atoms. The molecule has 5 nitrogen and oxygen atoms in total. The Morgan fingerprint density at radius 3 is 2.62 bits per heavy atom. The lowest BCUT2D eigenvalue weighted by Gasteiger charge is -2.30. The Balaban J connectivity index is 2.34. The molecule has 96 valence electrons. The Hall–Kier alpha value is -0.170. The maximum Gasteiger partial charge on any atom is 0.209 e. The average molecular weight is 249 g/mol. The molecule has 6 heteroatoms. The molecule has 3 N–H and O–H groups in total. The highest BCUT2D eigenvalue weighted by atomic mass is 32.2. The monoisotopic (exact) mass is 249 g/mol. The van der Waals surface area contributed by atoms with Gasteiger partial charge in [0, 0.05) is 24.7 Å². The quantitative estimate of drug-likeness (QED) is 0.623. The maximum absolute atomic E-state index is 11.1. The molecular formula is C10H23N3O2S. The number of rotatable bonds is 5. The van der Waals surface area contributed by atoms with E-state index in [-0.39, 0.29) is 0 Å². The molecule has 1 unspecified atom stereocenters. The third-order valence-corrected chi connectivity index (χ3v) is 3.51. The molecule has 1 saturated heterocycles. The average Bonchev–Trinajstić information content (AvgIpc) is 2.13. The van der Waals surface area contributed by atoms with E-state index < -0.39 is 15.6 Å². The zero-order valence-corrected chi connectivity index (χ0v) is 11.2. The van der Waals surface area contributed by atoms with Gasteiger partial charge >= 0.3 is 0 Å². The van der Waals surface area contributed by atoms with Crippen molar-refractivity contribution in [2.45, 2.75) is 38.3 Å². The number of hydrogen-bond donors (Lipinski definition) is 3. The summed E-state index contributed by atoms with van der Waals surface area (Å²) in [5.74, 6) is 0. The van der Waals surface area contributed by atoms with Crippen LogP contribution in [0.15, 0.2) is 0 Å². The van der Waals surface area contributed by atoms with Crippen molar-refractivity contribution in [2.24, 2.45) is 0 Å². The molecule has 0 bridgehead atoms. The first-order chi connectivity index (χ1) is 7.29. The van der Waals surface area contributed by atoms with Crippen LogP contribution in [0.4, 0.5) is 0 Å². The van der Waals surface area contributed by atoms with Gasteiger partial charge in [-0.2, -0.15) is 0 Å². The van der Waals surface area contributed by atoms with Gasteiger partial charge in [0.25, 0.3) is 0 Å². The van der Waals surface area contributed by atoms with E-state index in [1.807, 2.05) is 13.8 Å². The zero-order valence-electron chi connectivity index (χ0n) is 10.3. The van der Waals surface area contributed by atoms with E-state index in [0.717, 1.165) is 19.5 Å². The van der Waals surface area contributed by atoms with Crippen molar-refractivity contribution in [1.82, 2.24) is 15.4 Å². The standard InChI is InChI=1S/C10H23N3O2S/c1-10(2,13-16(3,14)15)8-12-9-5-4-6-11-7-9/h9,11-13H,4-8H2,1-3H3. The predicted octanol–water partition coefficient (Wildman–Crippen LogP) is -0.344. The molecule has 1 atom stereocenters. The van der Waals surface area contributed by atoms with Gasteiger partial charge in [0.1, 0.15) is 0 Å². The molecular weight excluding hydrogens is 226 g/mol. The van der Waals surface area contributed by atoms with Gasteiger partial charge in [-0.25, -0.2) is 13.1 Å². The van der Waals surface area contributed by atoms with Crippen LogP contribution in [-0.4, -0.2) is 45.9 Å². The lowest BCUT2D eigenvalue weighted by Crippen LogP contribution is -2.54. The molecule has 16 heavy (non-hydrogen) atoms. The highest BCUT2D eigenvalue weighted by Crippen LogP contribution is 2.06. The highest BCUT2D eigenvalue weighted by molar-refractivity contribution is 7.88. The summed E-state index contributed by atoms with van der Waals surface area (Å²) in [5.41, 5.74) is -0.439. The summed E-state index contributed by atoms with van der Waals surface area (Å²) in [5, 5.41) is 6.71. The molecule has 0 aliphatic carbocycles. The summed E-state index contributed by atoms with van der Waals surface area (Å²) in [6.45, 7) is 6.47. The third kappa shape index (κ3) is 5.79. The van der Waals surface area contributed by atoms with Gasteiger partial charge in [-0.3, -0.25) is 0 Å². The molecule has 0 aromatic rings. The first-order valence-corrected chi connectivity index (χ1v) is 7.61. The van der Waals surface area contributed by atoms with Crippen LogP contribution < -0.4 is 15.4 Å². The van der Waals surface area contributed by atoms with Crippen LogP contribution in [0, 0.1) is 0 Å². The van der Waals surface area contributed by atoms with E-state index >= 15 is 0 Å². The second-order valence-corrected chi connectivity index (χ2v) is 6.93. The van der Waals surface area contributed by atoms with Gasteiger partial charge in [-0.15, -0.1) is 0 Å². The van der Waals surface area contributed by atoms with Crippen molar-refractivity contribution < 1.29 is 8.42 Å². The lowest BCUT2D eigenvalue weighted by molar-refractivity contribution is 0.341. The molecule has 0 aromatic carbocycles. The summed E-state index contributed by atoms with van der Waals surface area (Å²) in [7, 11) is -3.14. The number of sulfonamides is 1. The summed E-state index contributed by atoms with van der Waals surface area (Å²) < 4.78 is 24.9. The van der Waals surface area contributed by atoms with E-state index in [2.05, 4.69) is 15.4 Å². The zero-order chi connectivity index (χ0) is 12.2. The molecule has 0 aromatic heterocycles. The minimum Gasteiger partial charge on any atom is -0.315 e. The fourth-order valence-corrected chi connectivity index (χ4v) is 3.04. The van der Waals surface area contributed by atoms with Gasteiger partial charge in [-0.1, -0.05) is 0 Å². The summed E-state index contributed by atoms with van der Waals surface area (Å²) in [4.78, 5) is 0. The Labute approximate surface area is 98.4 Å². The smallest absolute Gasteiger partial charge is 0.209 e. The second-order valence-electron chi connectivity index (χ2n) is 5.18. The summed E-state index contributed by atoms with van der Waals surface area (Å²) in [6, 6.07) is 0.453. The fourth-order valence-electron chi connectivity index (χ4n) is 1.96. The van der Waals surface area contributed by atoms with Gasteiger partial charge in [0.15, 0.2) is 0 Å². The van der Waals surface area contributed by atoms with Gasteiger partial charge in [0.05, 0.1) is 6.26 Å². The molecule has 1 fully saturated rings. The van der Waals surface area contributed by atoms with E-state index in [1.165, 1.54) is 12.7 Å². The van der Waals surface area contributed by atoms with E-state index in [4.69, 9.17) is 0 Å². The van der Waals surface area contributed by atoms with Crippen molar-refractivity contribution in [3.05, 3.63) is 0 Å². The van der Waals surface area contributed by atoms with E-state index in [1.54, 1.807) is 0 Å². The predicted molar refractivity (Wildman–Crippen MR) is 66.0 cm³/mol. The molecule has 0 saturated carbocycles. The minimum atomic E-state index is -3.14. The van der Waals surface area contributed by atoms with E-state index in [0.29, 0.717) is 12.6 Å². The van der Waals surface area contributed by atoms with Crippen molar-refractivity contribution in [1.29, 1.82) is 0 Å². The molecule has 1 aliphatic rings. The van der Waals surface area contributed by atoms with Crippen LogP contribution in [0.5, 0.6) is 0 Å². The Bertz CT molecular complexity index is 308. The van der Waals surface area contributed by atoms with Crippen LogP contribution in [0.2, 0.25) is 0 Å². The molecule has 1 rings (SSSR count). The SMILES string of the molecule is CC(C)(CNC1CCCNC1)NS(C)(=O)=O. The second kappa shape index (κ2) is 5.44. The van der Waals surface area contributed by atoms with Crippen molar-refractivity contribution >= 4 is 10.0 Å². The fraction of sp³-hybridized carbons (Fsp3) is 1.00. The van der Waals surface area contributed by atoms with Crippen molar-refractivity contribution in [3.8, 4) is 0 Å². The lowest BCUT2D eigenvalue weighted by atomic mass is 10.0. The van der Waals surface area contributed by atoms with Crippen LogP contribution in [-0.2, 0) is 10.0 Å². The first kappa shape index (κ1) is 13.9. The van der Waals surface area contributed by atoms with Crippen LogP contribution >= 0.6 is 0 Å². The first-order valence-electron chi connectivity index (χ1n) is 5.72. The number of nitrogens with one attached hydrogen (secondary N) is 3. The number of piperidine rings is 1. The summed E-state index contributed by atoms with van der Waals surface area (Å²) >= 11 is 0. The number of hydrogen-bond acceptors (Lipinski definition) is 4. The topological polar surface area (TPSA) is 70.2 Å². The summed E-state index contributed by atoms with van der Waals surface area (Å²) in [6.07, 6.45) is 3.52. The Kier molecular flexibility index (Phi) is 4.73. The Morgan fingerprint density at radius 1 is 1.44 bits per heavy atom. The molecule has 1 aliphatic heterocycles. The Morgan fingerprint density at radius 2 is 2.12 bits per heavy atom. The molecule has 0 radical (unpaired) electrons. The normalized spacial score (nSPS) is 23.3. The van der Waals surface area contributed by atoms with E-state index in [9.17, 15) is 8.42 Å². The minimum absolute atomic E-state index is 0.439. The van der Waals surface area contributed by atoms with Crippen LogP contribution in [0.3, 0.4) is 0 Å². The third-order valence-electron chi connectivity index (χ3n) is 2.59. The maximum atomic E-state index is 11.1. The van der Waals surface area contributed by atoms with Crippen molar-refractivity contribution in [3.63, 3.8) is 0 Å². The van der Waals surface area contributed by atoms with Gasteiger partial charge < -0.3 is 10.6 Å².